The van der Waals surface area contributed by atoms with Gasteiger partial charge in [0.1, 0.15) is 12.0 Å². The second-order valence-corrected chi connectivity index (χ2v) is 10.0. The third-order valence-electron chi connectivity index (χ3n) is 6.92. The lowest BCUT2D eigenvalue weighted by Gasteiger charge is -2.26. The molecule has 0 amide bonds. The Balaban J connectivity index is 1.37. The Morgan fingerprint density at radius 3 is 2.69 bits per heavy atom. The first-order valence-corrected chi connectivity index (χ1v) is 13.3. The number of nitriles is 1. The van der Waals surface area contributed by atoms with E-state index in [0.29, 0.717) is 13.2 Å². The number of methoxy groups -OCH3 is 1. The van der Waals surface area contributed by atoms with Crippen molar-refractivity contribution in [1.82, 2.24) is 5.32 Å². The van der Waals surface area contributed by atoms with E-state index in [1.165, 1.54) is 10.5 Å². The van der Waals surface area contributed by atoms with E-state index >= 15 is 0 Å². The van der Waals surface area contributed by atoms with E-state index in [9.17, 15) is 5.26 Å². The standard InChI is InChI=1S/C29H31N3O2S/c1-33-28(31-19-21-7-10-25(35-2)11-8-21)22-9-12-26-27(17-22)34-16-4-15-32(26)24-6-3-5-23(18-24)29(20-30)13-14-29/h3,5-12,17-18,28,31H,4,13-16,19H2,1-2H3. The number of nitrogens with one attached hydrogen (secondary N) is 1. The second-order valence-electron chi connectivity index (χ2n) is 9.17. The largest absolute Gasteiger partial charge is 0.491 e. The molecule has 180 valence electrons. The number of benzene rings is 3. The molecule has 5 rings (SSSR count). The van der Waals surface area contributed by atoms with Crippen molar-refractivity contribution in [2.75, 3.05) is 31.4 Å². The monoisotopic (exact) mass is 485 g/mol. The predicted octanol–water partition coefficient (Wildman–Crippen LogP) is 6.32. The van der Waals surface area contributed by atoms with Crippen LogP contribution in [0.5, 0.6) is 5.75 Å². The molecule has 0 spiro atoms. The third-order valence-corrected chi connectivity index (χ3v) is 7.67. The van der Waals surface area contributed by atoms with E-state index in [1.54, 1.807) is 18.9 Å². The minimum atomic E-state index is -0.294. The van der Waals surface area contributed by atoms with Crippen molar-refractivity contribution in [3.05, 3.63) is 83.4 Å². The van der Waals surface area contributed by atoms with E-state index in [0.717, 1.165) is 54.1 Å². The van der Waals surface area contributed by atoms with Gasteiger partial charge in [0, 0.05) is 30.8 Å². The lowest BCUT2D eigenvalue weighted by Crippen LogP contribution is -2.23. The summed E-state index contributed by atoms with van der Waals surface area (Å²) in [5.41, 5.74) is 5.23. The second kappa shape index (κ2) is 10.3. The first kappa shape index (κ1) is 23.7. The van der Waals surface area contributed by atoms with E-state index in [4.69, 9.17) is 9.47 Å². The SMILES string of the molecule is COC(NCc1ccc(SC)cc1)c1ccc2c(c1)OCCCN2c1cccc(C2(C#N)CC2)c1. The van der Waals surface area contributed by atoms with Crippen molar-refractivity contribution in [2.24, 2.45) is 0 Å². The molecule has 1 N–H and O–H groups in total. The quantitative estimate of drug-likeness (QED) is 0.298. The van der Waals surface area contributed by atoms with Gasteiger partial charge < -0.3 is 14.4 Å². The fourth-order valence-corrected chi connectivity index (χ4v) is 5.09. The van der Waals surface area contributed by atoms with Gasteiger partial charge in [0.15, 0.2) is 0 Å². The highest BCUT2D eigenvalue weighted by Crippen LogP contribution is 2.49. The molecular formula is C29H31N3O2S. The lowest BCUT2D eigenvalue weighted by atomic mass is 9.97. The van der Waals surface area contributed by atoms with Gasteiger partial charge in [-0.2, -0.15) is 5.26 Å². The highest BCUT2D eigenvalue weighted by atomic mass is 32.2. The molecule has 1 fully saturated rings. The maximum Gasteiger partial charge on any atom is 0.143 e. The average Bonchev–Trinajstić information content (AvgIpc) is 3.73. The molecule has 0 radical (unpaired) electrons. The molecule has 0 bridgehead atoms. The predicted molar refractivity (Wildman–Crippen MR) is 141 cm³/mol. The summed E-state index contributed by atoms with van der Waals surface area (Å²) in [7, 11) is 1.72. The fourth-order valence-electron chi connectivity index (χ4n) is 4.68. The molecule has 2 aliphatic rings. The van der Waals surface area contributed by atoms with Crippen LogP contribution in [0.25, 0.3) is 0 Å². The molecule has 6 heteroatoms. The normalized spacial score (nSPS) is 17.0. The summed E-state index contributed by atoms with van der Waals surface area (Å²) in [6, 6.07) is 25.9. The van der Waals surface area contributed by atoms with Gasteiger partial charge in [0.05, 0.1) is 23.8 Å². The summed E-state index contributed by atoms with van der Waals surface area (Å²) >= 11 is 1.75. The van der Waals surface area contributed by atoms with Crippen LogP contribution in [0.4, 0.5) is 11.4 Å². The number of ether oxygens (including phenoxy) is 2. The van der Waals surface area contributed by atoms with Crippen molar-refractivity contribution in [2.45, 2.75) is 42.3 Å². The van der Waals surface area contributed by atoms with Crippen molar-refractivity contribution in [1.29, 1.82) is 5.26 Å². The number of hydrogen-bond acceptors (Lipinski definition) is 6. The van der Waals surface area contributed by atoms with Crippen LogP contribution in [0.3, 0.4) is 0 Å². The van der Waals surface area contributed by atoms with Gasteiger partial charge in [-0.15, -0.1) is 11.8 Å². The summed E-state index contributed by atoms with van der Waals surface area (Å²) < 4.78 is 12.0. The minimum absolute atomic E-state index is 0.241. The number of anilines is 2. The van der Waals surface area contributed by atoms with Crippen LogP contribution in [0.1, 0.15) is 42.2 Å². The first-order chi connectivity index (χ1) is 17.2. The summed E-state index contributed by atoms with van der Waals surface area (Å²) in [4.78, 5) is 3.57. The van der Waals surface area contributed by atoms with E-state index < -0.39 is 0 Å². The number of rotatable bonds is 8. The molecule has 1 aliphatic carbocycles. The van der Waals surface area contributed by atoms with Crippen LogP contribution in [-0.2, 0) is 16.7 Å². The van der Waals surface area contributed by atoms with E-state index in [-0.39, 0.29) is 11.6 Å². The maximum atomic E-state index is 9.66. The zero-order valence-electron chi connectivity index (χ0n) is 20.3. The molecule has 0 saturated heterocycles. The van der Waals surface area contributed by atoms with Crippen LogP contribution in [0, 0.1) is 11.3 Å². The Bertz CT molecular complexity index is 1220. The van der Waals surface area contributed by atoms with Gasteiger partial charge in [-0.25, -0.2) is 0 Å². The average molecular weight is 486 g/mol. The smallest absolute Gasteiger partial charge is 0.143 e. The number of nitrogens with zero attached hydrogens (tertiary/aromatic N) is 2. The zero-order valence-corrected chi connectivity index (χ0v) is 21.1. The van der Waals surface area contributed by atoms with Crippen molar-refractivity contribution < 1.29 is 9.47 Å². The van der Waals surface area contributed by atoms with Gasteiger partial charge in [-0.1, -0.05) is 30.3 Å². The minimum Gasteiger partial charge on any atom is -0.491 e. The zero-order chi connectivity index (χ0) is 24.3. The lowest BCUT2D eigenvalue weighted by molar-refractivity contribution is 0.0719. The van der Waals surface area contributed by atoms with E-state index in [1.807, 2.05) is 0 Å². The Morgan fingerprint density at radius 2 is 1.97 bits per heavy atom. The summed E-state index contributed by atoms with van der Waals surface area (Å²) in [5.74, 6) is 0.861. The molecule has 1 saturated carbocycles. The first-order valence-electron chi connectivity index (χ1n) is 12.1. The fraction of sp³-hybridized carbons (Fsp3) is 0.345. The molecule has 3 aromatic rings. The van der Waals surface area contributed by atoms with Crippen LogP contribution in [0.2, 0.25) is 0 Å². The number of hydrogen-bond donors (Lipinski definition) is 1. The molecule has 1 heterocycles. The topological polar surface area (TPSA) is 57.5 Å². The van der Waals surface area contributed by atoms with Gasteiger partial charge >= 0.3 is 0 Å². The maximum absolute atomic E-state index is 9.66. The van der Waals surface area contributed by atoms with Crippen molar-refractivity contribution in [3.63, 3.8) is 0 Å². The van der Waals surface area contributed by atoms with Crippen LogP contribution < -0.4 is 15.0 Å². The highest BCUT2D eigenvalue weighted by Gasteiger charge is 2.45. The van der Waals surface area contributed by atoms with Crippen molar-refractivity contribution >= 4 is 23.1 Å². The van der Waals surface area contributed by atoms with Crippen LogP contribution in [0.15, 0.2) is 71.6 Å². The number of fused-ring (bicyclic) bond motifs is 1. The molecular weight excluding hydrogens is 454 g/mol. The summed E-state index contributed by atoms with van der Waals surface area (Å²) in [6.07, 6.45) is 4.67. The Kier molecular flexibility index (Phi) is 7.01. The van der Waals surface area contributed by atoms with Crippen LogP contribution >= 0.6 is 11.8 Å². The van der Waals surface area contributed by atoms with Gasteiger partial charge in [0.25, 0.3) is 0 Å². The molecule has 1 atom stereocenters. The van der Waals surface area contributed by atoms with Crippen LogP contribution in [-0.4, -0.2) is 26.5 Å². The molecule has 5 nitrogen and oxygen atoms in total. The highest BCUT2D eigenvalue weighted by molar-refractivity contribution is 7.98. The summed E-state index contributed by atoms with van der Waals surface area (Å²) in [6.45, 7) is 2.25. The van der Waals surface area contributed by atoms with Gasteiger partial charge in [0.2, 0.25) is 0 Å². The Hall–Kier alpha value is -2.98. The molecule has 3 aromatic carbocycles. The van der Waals surface area contributed by atoms with Crippen molar-refractivity contribution in [3.8, 4) is 11.8 Å². The molecule has 0 aromatic heterocycles. The van der Waals surface area contributed by atoms with E-state index in [2.05, 4.69) is 89.3 Å². The van der Waals surface area contributed by atoms with Gasteiger partial charge in [-0.05, 0) is 78.6 Å². The molecule has 1 aliphatic heterocycles. The third kappa shape index (κ3) is 5.04. The van der Waals surface area contributed by atoms with Gasteiger partial charge in [-0.3, -0.25) is 5.32 Å². The Morgan fingerprint density at radius 1 is 1.14 bits per heavy atom. The molecule has 35 heavy (non-hydrogen) atoms. The number of thioether (sulfide) groups is 1. The molecule has 1 unspecified atom stereocenters. The summed E-state index contributed by atoms with van der Waals surface area (Å²) in [5, 5.41) is 13.2. The Labute approximate surface area is 212 Å².